The van der Waals surface area contributed by atoms with Crippen molar-refractivity contribution >= 4 is 29.5 Å². The Balaban J connectivity index is 0.000000905. The Bertz CT molecular complexity index is 1120. The zero-order valence-electron chi connectivity index (χ0n) is 20.3. The number of rotatable bonds is 11. The minimum absolute atomic E-state index is 0.0917. The zero-order valence-corrected chi connectivity index (χ0v) is 20.3. The van der Waals surface area contributed by atoms with Crippen LogP contribution in [0.5, 0.6) is 5.75 Å². The lowest BCUT2D eigenvalue weighted by Crippen LogP contribution is -2.38. The second-order valence-electron chi connectivity index (χ2n) is 7.38. The predicted octanol–water partition coefficient (Wildman–Crippen LogP) is 2.17. The lowest BCUT2D eigenvalue weighted by Gasteiger charge is -2.14. The fraction of sp³-hybridized carbons (Fsp3) is 0.292. The number of amidine groups is 1. The van der Waals surface area contributed by atoms with Gasteiger partial charge in [0.1, 0.15) is 18.2 Å². The van der Waals surface area contributed by atoms with Gasteiger partial charge in [-0.3, -0.25) is 15.0 Å². The van der Waals surface area contributed by atoms with Crippen molar-refractivity contribution in [1.82, 2.24) is 5.32 Å². The number of nitrogens with one attached hydrogen (secondary N) is 2. The Hall–Kier alpha value is -4.46. The molecule has 5 N–H and O–H groups in total. The van der Waals surface area contributed by atoms with Gasteiger partial charge in [-0.05, 0) is 43.3 Å². The molecule has 0 spiro atoms. The molecular weight excluding hydrogens is 515 g/mol. The molecule has 0 aliphatic carbocycles. The lowest BCUT2D eigenvalue weighted by atomic mass is 10.0. The number of carbonyl (C=O) groups excluding carboxylic acids is 3. The molecule has 0 aliphatic heterocycles. The molecule has 0 bridgehead atoms. The third-order valence-corrected chi connectivity index (χ3v) is 4.49. The van der Waals surface area contributed by atoms with Crippen molar-refractivity contribution in [3.05, 3.63) is 65.2 Å². The number of methoxy groups -OCH3 is 1. The first-order valence-electron chi connectivity index (χ1n) is 10.7. The number of halogens is 3. The molecule has 38 heavy (non-hydrogen) atoms. The lowest BCUT2D eigenvalue weighted by molar-refractivity contribution is -0.192. The topological polar surface area (TPSA) is 178 Å². The van der Waals surface area contributed by atoms with Crippen LogP contribution in [-0.2, 0) is 19.1 Å². The average molecular weight is 541 g/mol. The molecule has 0 saturated carbocycles. The molecule has 0 heterocycles. The quantitative estimate of drug-likeness (QED) is 0.109. The summed E-state index contributed by atoms with van der Waals surface area (Å²) in [6, 6.07) is 11.7. The van der Waals surface area contributed by atoms with E-state index < -0.39 is 30.1 Å². The van der Waals surface area contributed by atoms with Crippen LogP contribution in [0.15, 0.2) is 48.5 Å². The molecule has 1 atom stereocenters. The number of hydrogen-bond donors (Lipinski definition) is 4. The highest BCUT2D eigenvalue weighted by molar-refractivity contribution is 6.04. The Morgan fingerprint density at radius 2 is 1.47 bits per heavy atom. The van der Waals surface area contributed by atoms with Gasteiger partial charge in [-0.15, -0.1) is 0 Å². The number of nitrogen functional groups attached to an aromatic ring is 1. The smallest absolute Gasteiger partial charge is 0.482 e. The van der Waals surface area contributed by atoms with Gasteiger partial charge < -0.3 is 30.4 Å². The fourth-order valence-electron chi connectivity index (χ4n) is 2.53. The minimum atomic E-state index is -5.08. The van der Waals surface area contributed by atoms with E-state index in [0.29, 0.717) is 29.0 Å². The second-order valence-corrected chi connectivity index (χ2v) is 7.38. The molecule has 0 unspecified atom stereocenters. The van der Waals surface area contributed by atoms with Gasteiger partial charge in [-0.25, -0.2) is 9.59 Å². The number of Topliss-reactive ketones (excluding diaryl/α,β-unsaturated/α-hetero) is 1. The second kappa shape index (κ2) is 14.9. The van der Waals surface area contributed by atoms with Crippen LogP contribution in [0.2, 0.25) is 0 Å². The standard InChI is InChI=1S/C22H25N3O6.C2HF3O2/c1-14(25-22(28)17-5-3-16(4-6-17)21(23)24)20(27)15-7-9-18(10-8-15)31-13-19(26)30-12-11-29-2;3-2(4,5)1(6)7/h3-10,14H,11-13H2,1-2H3,(H3,23,24)(H,25,28);(H,6,7)/t14-;/m0./s1. The number of ketones is 1. The molecule has 0 aliphatic rings. The fourth-order valence-corrected chi connectivity index (χ4v) is 2.53. The van der Waals surface area contributed by atoms with Crippen LogP contribution in [-0.4, -0.2) is 73.7 Å². The molecule has 2 aromatic carbocycles. The molecule has 2 rings (SSSR count). The van der Waals surface area contributed by atoms with Crippen LogP contribution in [0.1, 0.15) is 33.2 Å². The molecule has 0 saturated heterocycles. The van der Waals surface area contributed by atoms with Gasteiger partial charge >= 0.3 is 18.1 Å². The maximum absolute atomic E-state index is 12.6. The molecule has 11 nitrogen and oxygen atoms in total. The third-order valence-electron chi connectivity index (χ3n) is 4.49. The first-order valence-corrected chi connectivity index (χ1v) is 10.7. The van der Waals surface area contributed by atoms with Crippen molar-refractivity contribution in [2.45, 2.75) is 19.1 Å². The number of carbonyl (C=O) groups is 4. The monoisotopic (exact) mass is 541 g/mol. The van der Waals surface area contributed by atoms with E-state index in [1.165, 1.54) is 19.2 Å². The number of alkyl halides is 3. The number of carboxylic acids is 1. The van der Waals surface area contributed by atoms with E-state index in [2.05, 4.69) is 5.32 Å². The minimum Gasteiger partial charge on any atom is -0.482 e. The Morgan fingerprint density at radius 1 is 0.974 bits per heavy atom. The Labute approximate surface area is 215 Å². The summed E-state index contributed by atoms with van der Waals surface area (Å²) in [6.45, 7) is 1.79. The van der Waals surface area contributed by atoms with E-state index in [0.717, 1.165) is 0 Å². The summed E-state index contributed by atoms with van der Waals surface area (Å²) in [7, 11) is 1.51. The van der Waals surface area contributed by atoms with Gasteiger partial charge in [-0.1, -0.05) is 12.1 Å². The number of esters is 1. The summed E-state index contributed by atoms with van der Waals surface area (Å²) in [6.07, 6.45) is -5.08. The van der Waals surface area contributed by atoms with Crippen LogP contribution in [0.25, 0.3) is 0 Å². The average Bonchev–Trinajstić information content (AvgIpc) is 2.87. The van der Waals surface area contributed by atoms with Crippen molar-refractivity contribution in [3.8, 4) is 5.75 Å². The molecule has 0 aromatic heterocycles. The molecule has 0 fully saturated rings. The number of aliphatic carboxylic acids is 1. The molecule has 1 amide bonds. The van der Waals surface area contributed by atoms with Gasteiger partial charge in [0.25, 0.3) is 5.91 Å². The van der Waals surface area contributed by atoms with Crippen molar-refractivity contribution in [2.75, 3.05) is 26.9 Å². The molecule has 2 aromatic rings. The van der Waals surface area contributed by atoms with Gasteiger partial charge in [0.05, 0.1) is 12.6 Å². The van der Waals surface area contributed by atoms with Crippen molar-refractivity contribution in [1.29, 1.82) is 5.41 Å². The van der Waals surface area contributed by atoms with Gasteiger partial charge in [0, 0.05) is 23.8 Å². The number of amides is 1. The van der Waals surface area contributed by atoms with Crippen molar-refractivity contribution in [2.24, 2.45) is 5.73 Å². The number of carboxylic acid groups (broad SMARTS) is 1. The van der Waals surface area contributed by atoms with E-state index >= 15 is 0 Å². The zero-order chi connectivity index (χ0) is 28.9. The van der Waals surface area contributed by atoms with Crippen LogP contribution in [0, 0.1) is 5.41 Å². The Kier molecular flexibility index (Phi) is 12.4. The number of ether oxygens (including phenoxy) is 3. The summed E-state index contributed by atoms with van der Waals surface area (Å²) in [5, 5.41) is 17.1. The first kappa shape index (κ1) is 31.6. The molecular formula is C24H26F3N3O8. The van der Waals surface area contributed by atoms with E-state index in [-0.39, 0.29) is 24.8 Å². The summed E-state index contributed by atoms with van der Waals surface area (Å²) in [5.41, 5.74) is 6.64. The van der Waals surface area contributed by atoms with E-state index in [1.807, 2.05) is 0 Å². The van der Waals surface area contributed by atoms with Crippen LogP contribution >= 0.6 is 0 Å². The predicted molar refractivity (Wildman–Crippen MR) is 127 cm³/mol. The molecule has 206 valence electrons. The number of nitrogens with two attached hydrogens (primary N) is 1. The van der Waals surface area contributed by atoms with Gasteiger partial charge in [0.15, 0.2) is 12.4 Å². The number of benzene rings is 2. The van der Waals surface area contributed by atoms with Crippen LogP contribution in [0.4, 0.5) is 13.2 Å². The van der Waals surface area contributed by atoms with Crippen LogP contribution < -0.4 is 15.8 Å². The number of hydrogen-bond acceptors (Lipinski definition) is 8. The highest BCUT2D eigenvalue weighted by atomic mass is 19.4. The van der Waals surface area contributed by atoms with Crippen molar-refractivity contribution < 1.29 is 51.7 Å². The highest BCUT2D eigenvalue weighted by Gasteiger charge is 2.38. The van der Waals surface area contributed by atoms with E-state index in [9.17, 15) is 27.6 Å². The van der Waals surface area contributed by atoms with E-state index in [4.69, 9.17) is 35.3 Å². The molecule has 14 heteroatoms. The summed E-state index contributed by atoms with van der Waals surface area (Å²) in [4.78, 5) is 45.4. The largest absolute Gasteiger partial charge is 0.490 e. The molecule has 0 radical (unpaired) electrons. The SMILES string of the molecule is COCCOC(=O)COc1ccc(C(=O)[C@H](C)NC(=O)c2ccc(C(=N)N)cc2)cc1.O=C(O)C(F)(F)F. The summed E-state index contributed by atoms with van der Waals surface area (Å²) >= 11 is 0. The van der Waals surface area contributed by atoms with Crippen LogP contribution in [0.3, 0.4) is 0 Å². The third kappa shape index (κ3) is 11.1. The van der Waals surface area contributed by atoms with E-state index in [1.54, 1.807) is 43.3 Å². The highest BCUT2D eigenvalue weighted by Crippen LogP contribution is 2.14. The first-order chi connectivity index (χ1) is 17.8. The van der Waals surface area contributed by atoms with Crippen molar-refractivity contribution in [3.63, 3.8) is 0 Å². The summed E-state index contributed by atoms with van der Waals surface area (Å²) < 4.78 is 46.7. The van der Waals surface area contributed by atoms with Gasteiger partial charge in [0.2, 0.25) is 0 Å². The summed E-state index contributed by atoms with van der Waals surface area (Å²) in [5.74, 6) is -3.66. The normalized spacial score (nSPS) is 11.3. The maximum Gasteiger partial charge on any atom is 0.490 e. The van der Waals surface area contributed by atoms with Gasteiger partial charge in [-0.2, -0.15) is 13.2 Å². The maximum atomic E-state index is 12.6. The Morgan fingerprint density at radius 3 is 1.95 bits per heavy atom.